The number of anilines is 1. The first kappa shape index (κ1) is 16.6. The predicted octanol–water partition coefficient (Wildman–Crippen LogP) is 2.04. The summed E-state index contributed by atoms with van der Waals surface area (Å²) < 4.78 is 13.0. The summed E-state index contributed by atoms with van der Waals surface area (Å²) in [6.45, 7) is 2.63. The van der Waals surface area contributed by atoms with Crippen molar-refractivity contribution in [2.24, 2.45) is 0 Å². The second-order valence-electron chi connectivity index (χ2n) is 6.27. The fourth-order valence-electron chi connectivity index (χ4n) is 3.22. The summed E-state index contributed by atoms with van der Waals surface area (Å²) >= 11 is 0. The summed E-state index contributed by atoms with van der Waals surface area (Å²) in [5, 5.41) is 7.98. The van der Waals surface area contributed by atoms with Crippen LogP contribution < -0.4 is 5.32 Å². The molecule has 1 amide bonds. The van der Waals surface area contributed by atoms with Gasteiger partial charge in [0.1, 0.15) is 11.4 Å². The van der Waals surface area contributed by atoms with E-state index in [9.17, 15) is 4.79 Å². The quantitative estimate of drug-likeness (QED) is 0.772. The topological polar surface area (TPSA) is 91.2 Å². The number of amides is 1. The van der Waals surface area contributed by atoms with E-state index in [1.165, 1.54) is 6.92 Å². The Balaban J connectivity index is 1.78. The van der Waals surface area contributed by atoms with E-state index < -0.39 is 5.60 Å². The SMILES string of the molecule is CO[C@]1(c2ccnc(-n3ncc4cnc(NC(C)=O)cc43)c2)CCOC1. The van der Waals surface area contributed by atoms with Crippen molar-refractivity contribution in [3.8, 4) is 5.82 Å². The first-order chi connectivity index (χ1) is 12.6. The molecule has 8 nitrogen and oxygen atoms in total. The van der Waals surface area contributed by atoms with Gasteiger partial charge >= 0.3 is 0 Å². The molecule has 3 aromatic heterocycles. The summed E-state index contributed by atoms with van der Waals surface area (Å²) in [5.41, 5.74) is 1.36. The van der Waals surface area contributed by atoms with E-state index in [1.807, 2.05) is 12.1 Å². The minimum absolute atomic E-state index is 0.175. The lowest BCUT2D eigenvalue weighted by molar-refractivity contribution is -0.114. The van der Waals surface area contributed by atoms with Crippen molar-refractivity contribution in [3.63, 3.8) is 0 Å². The van der Waals surface area contributed by atoms with Crippen LogP contribution >= 0.6 is 0 Å². The minimum Gasteiger partial charge on any atom is -0.378 e. The molecule has 26 heavy (non-hydrogen) atoms. The van der Waals surface area contributed by atoms with Gasteiger partial charge in [-0.2, -0.15) is 5.10 Å². The average molecular weight is 353 g/mol. The molecule has 0 aromatic carbocycles. The first-order valence-electron chi connectivity index (χ1n) is 8.32. The summed E-state index contributed by atoms with van der Waals surface area (Å²) in [6, 6.07) is 5.68. The molecule has 134 valence electrons. The highest BCUT2D eigenvalue weighted by Crippen LogP contribution is 2.34. The molecule has 0 spiro atoms. The van der Waals surface area contributed by atoms with Crippen LogP contribution in [0.4, 0.5) is 5.82 Å². The third-order valence-electron chi connectivity index (χ3n) is 4.62. The number of ether oxygens (including phenoxy) is 2. The zero-order valence-electron chi connectivity index (χ0n) is 14.6. The molecular weight excluding hydrogens is 334 g/mol. The van der Waals surface area contributed by atoms with Crippen LogP contribution in [0.1, 0.15) is 18.9 Å². The van der Waals surface area contributed by atoms with Gasteiger partial charge in [0, 0.05) is 50.9 Å². The lowest BCUT2D eigenvalue weighted by Crippen LogP contribution is -2.29. The number of methoxy groups -OCH3 is 1. The van der Waals surface area contributed by atoms with Crippen LogP contribution in [0.5, 0.6) is 0 Å². The van der Waals surface area contributed by atoms with Gasteiger partial charge in [0.25, 0.3) is 0 Å². The second-order valence-corrected chi connectivity index (χ2v) is 6.27. The van der Waals surface area contributed by atoms with Crippen molar-refractivity contribution in [2.75, 3.05) is 25.6 Å². The van der Waals surface area contributed by atoms with E-state index in [2.05, 4.69) is 20.4 Å². The van der Waals surface area contributed by atoms with Gasteiger partial charge in [-0.1, -0.05) is 0 Å². The highest BCUT2D eigenvalue weighted by atomic mass is 16.5. The van der Waals surface area contributed by atoms with Gasteiger partial charge in [-0.25, -0.2) is 14.6 Å². The highest BCUT2D eigenvalue weighted by Gasteiger charge is 2.37. The Labute approximate surface area is 150 Å². The minimum atomic E-state index is -0.455. The molecule has 1 fully saturated rings. The van der Waals surface area contributed by atoms with Crippen molar-refractivity contribution >= 4 is 22.6 Å². The van der Waals surface area contributed by atoms with E-state index in [0.717, 1.165) is 22.9 Å². The molecular formula is C18H19N5O3. The van der Waals surface area contributed by atoms with Gasteiger partial charge in [-0.3, -0.25) is 4.79 Å². The maximum Gasteiger partial charge on any atom is 0.222 e. The molecule has 4 rings (SSSR count). The monoisotopic (exact) mass is 353 g/mol. The largest absolute Gasteiger partial charge is 0.378 e. The van der Waals surface area contributed by atoms with Crippen molar-refractivity contribution in [1.29, 1.82) is 0 Å². The number of carbonyl (C=O) groups excluding carboxylic acids is 1. The summed E-state index contributed by atoms with van der Waals surface area (Å²) in [6.07, 6.45) is 5.94. The smallest absolute Gasteiger partial charge is 0.222 e. The van der Waals surface area contributed by atoms with Crippen LogP contribution in [0.25, 0.3) is 16.7 Å². The lowest BCUT2D eigenvalue weighted by Gasteiger charge is -2.26. The van der Waals surface area contributed by atoms with Gasteiger partial charge in [0.15, 0.2) is 5.82 Å². The molecule has 1 saturated heterocycles. The number of nitrogens with one attached hydrogen (secondary N) is 1. The van der Waals surface area contributed by atoms with Crippen molar-refractivity contribution < 1.29 is 14.3 Å². The fraction of sp³-hybridized carbons (Fsp3) is 0.333. The van der Waals surface area contributed by atoms with Gasteiger partial charge in [-0.05, 0) is 17.7 Å². The number of rotatable bonds is 4. The number of aromatic nitrogens is 4. The molecule has 0 bridgehead atoms. The van der Waals surface area contributed by atoms with Gasteiger partial charge in [0.05, 0.1) is 18.3 Å². The number of hydrogen-bond acceptors (Lipinski definition) is 6. The van der Waals surface area contributed by atoms with Gasteiger partial charge in [0.2, 0.25) is 5.91 Å². The molecule has 3 aromatic rings. The van der Waals surface area contributed by atoms with Gasteiger partial charge in [-0.15, -0.1) is 0 Å². The number of hydrogen-bond donors (Lipinski definition) is 1. The summed E-state index contributed by atoms with van der Waals surface area (Å²) in [5.74, 6) is 0.965. The Morgan fingerprint density at radius 2 is 2.23 bits per heavy atom. The number of fused-ring (bicyclic) bond motifs is 1. The number of carbonyl (C=O) groups is 1. The lowest BCUT2D eigenvalue weighted by atomic mass is 9.93. The van der Waals surface area contributed by atoms with E-state index in [4.69, 9.17) is 9.47 Å². The van der Waals surface area contributed by atoms with Crippen molar-refractivity contribution in [3.05, 3.63) is 42.4 Å². The molecule has 8 heteroatoms. The van der Waals surface area contributed by atoms with Crippen LogP contribution in [-0.4, -0.2) is 46.0 Å². The van der Waals surface area contributed by atoms with E-state index in [-0.39, 0.29) is 5.91 Å². The average Bonchev–Trinajstić information content (AvgIpc) is 3.29. The molecule has 1 atom stereocenters. The molecule has 4 heterocycles. The van der Waals surface area contributed by atoms with Crippen LogP contribution in [-0.2, 0) is 19.9 Å². The molecule has 0 radical (unpaired) electrons. The predicted molar refractivity (Wildman–Crippen MR) is 95.1 cm³/mol. The van der Waals surface area contributed by atoms with Crippen molar-refractivity contribution in [2.45, 2.75) is 18.9 Å². The first-order valence-corrected chi connectivity index (χ1v) is 8.32. The maximum absolute atomic E-state index is 11.3. The third-order valence-corrected chi connectivity index (χ3v) is 4.62. The molecule has 1 aliphatic rings. The van der Waals surface area contributed by atoms with Crippen LogP contribution in [0.15, 0.2) is 36.8 Å². The molecule has 0 aliphatic carbocycles. The Bertz CT molecular complexity index is 962. The number of nitrogens with zero attached hydrogens (tertiary/aromatic N) is 4. The molecule has 0 unspecified atom stereocenters. The molecule has 1 N–H and O–H groups in total. The summed E-state index contributed by atoms with van der Waals surface area (Å²) in [7, 11) is 1.70. The van der Waals surface area contributed by atoms with Crippen molar-refractivity contribution in [1.82, 2.24) is 19.7 Å². The maximum atomic E-state index is 11.3. The van der Waals surface area contributed by atoms with Crippen LogP contribution in [0, 0.1) is 0 Å². The molecule has 0 saturated carbocycles. The highest BCUT2D eigenvalue weighted by molar-refractivity contribution is 5.90. The Morgan fingerprint density at radius 3 is 2.96 bits per heavy atom. The Kier molecular flexibility index (Phi) is 4.14. The second kappa shape index (κ2) is 6.47. The normalized spacial score (nSPS) is 19.8. The standard InChI is InChI=1S/C18H19N5O3/c1-12(24)22-16-8-15-13(9-20-16)10-21-23(15)17-7-14(3-5-19-17)18(25-2)4-6-26-11-18/h3,5,7-10H,4,6,11H2,1-2H3,(H,20,22,24)/t18-/m1/s1. The van der Waals surface area contributed by atoms with E-state index in [1.54, 1.807) is 36.4 Å². The zero-order chi connectivity index (χ0) is 18.1. The van der Waals surface area contributed by atoms with Crippen LogP contribution in [0.2, 0.25) is 0 Å². The zero-order valence-corrected chi connectivity index (χ0v) is 14.6. The Morgan fingerprint density at radius 1 is 1.35 bits per heavy atom. The summed E-state index contributed by atoms with van der Waals surface area (Å²) in [4.78, 5) is 20.0. The third kappa shape index (κ3) is 2.83. The molecule has 1 aliphatic heterocycles. The Hall–Kier alpha value is -2.84. The number of pyridine rings is 2. The fourth-order valence-corrected chi connectivity index (χ4v) is 3.22. The van der Waals surface area contributed by atoms with E-state index >= 15 is 0 Å². The van der Waals surface area contributed by atoms with E-state index in [0.29, 0.717) is 24.8 Å². The van der Waals surface area contributed by atoms with Gasteiger partial charge < -0.3 is 14.8 Å². The van der Waals surface area contributed by atoms with Crippen LogP contribution in [0.3, 0.4) is 0 Å².